The molecule has 24 heavy (non-hydrogen) atoms. The van der Waals surface area contributed by atoms with Crippen LogP contribution in [-0.4, -0.2) is 23.3 Å². The zero-order valence-electron chi connectivity index (χ0n) is 14.0. The number of ether oxygens (including phenoxy) is 2. The number of rotatable bonds is 7. The predicted octanol–water partition coefficient (Wildman–Crippen LogP) is 4.61. The number of methoxy groups -OCH3 is 1. The quantitative estimate of drug-likeness (QED) is 0.587. The molecule has 0 unspecified atom stereocenters. The van der Waals surface area contributed by atoms with Crippen molar-refractivity contribution in [3.63, 3.8) is 0 Å². The molecule has 0 N–H and O–H groups in total. The Labute approximate surface area is 147 Å². The summed E-state index contributed by atoms with van der Waals surface area (Å²) in [5.41, 5.74) is 3.07. The third kappa shape index (κ3) is 3.71. The Morgan fingerprint density at radius 2 is 2.00 bits per heavy atom. The van der Waals surface area contributed by atoms with E-state index in [1.54, 1.807) is 7.11 Å². The van der Waals surface area contributed by atoms with Crippen molar-refractivity contribution < 1.29 is 9.47 Å². The van der Waals surface area contributed by atoms with E-state index < -0.39 is 0 Å². The highest BCUT2D eigenvalue weighted by Crippen LogP contribution is 2.23. The van der Waals surface area contributed by atoms with Crippen molar-refractivity contribution in [3.8, 4) is 5.75 Å². The zero-order chi connectivity index (χ0) is 16.9. The van der Waals surface area contributed by atoms with E-state index in [1.807, 2.05) is 49.4 Å². The van der Waals surface area contributed by atoms with Gasteiger partial charge in [-0.15, -0.1) is 0 Å². The average Bonchev–Trinajstić information content (AvgIpc) is 2.91. The van der Waals surface area contributed by atoms with E-state index in [9.17, 15) is 0 Å². The predicted molar refractivity (Wildman–Crippen MR) is 96.7 cm³/mol. The Hall–Kier alpha value is -2.04. The molecule has 0 spiro atoms. The molecule has 0 aliphatic carbocycles. The second kappa shape index (κ2) is 7.69. The Morgan fingerprint density at radius 3 is 2.79 bits per heavy atom. The summed E-state index contributed by atoms with van der Waals surface area (Å²) in [5.74, 6) is 1.78. The fourth-order valence-electron chi connectivity index (χ4n) is 2.73. The lowest BCUT2D eigenvalue weighted by molar-refractivity contribution is 0.189. The molecule has 0 atom stereocenters. The van der Waals surface area contributed by atoms with Crippen LogP contribution in [0.4, 0.5) is 0 Å². The summed E-state index contributed by atoms with van der Waals surface area (Å²) < 4.78 is 13.3. The maximum atomic E-state index is 6.16. The van der Waals surface area contributed by atoms with Crippen molar-refractivity contribution in [1.82, 2.24) is 9.55 Å². The Kier molecular flexibility index (Phi) is 5.38. The van der Waals surface area contributed by atoms with E-state index in [0.717, 1.165) is 41.1 Å². The largest absolute Gasteiger partial charge is 0.485 e. The van der Waals surface area contributed by atoms with E-state index in [2.05, 4.69) is 4.57 Å². The summed E-state index contributed by atoms with van der Waals surface area (Å²) in [5, 5.41) is 0.710. The smallest absolute Gasteiger partial charge is 0.148 e. The van der Waals surface area contributed by atoms with Gasteiger partial charge in [-0.05, 0) is 43.2 Å². The zero-order valence-corrected chi connectivity index (χ0v) is 14.7. The number of aryl methyl sites for hydroxylation is 2. The average molecular weight is 345 g/mol. The Bertz CT molecular complexity index is 829. The number of hydrogen-bond donors (Lipinski definition) is 0. The first-order chi connectivity index (χ1) is 11.7. The van der Waals surface area contributed by atoms with Crippen LogP contribution in [0.25, 0.3) is 11.0 Å². The lowest BCUT2D eigenvalue weighted by Gasteiger charge is -2.11. The maximum Gasteiger partial charge on any atom is 0.148 e. The number of fused-ring (bicyclic) bond motifs is 1. The van der Waals surface area contributed by atoms with Crippen molar-refractivity contribution >= 4 is 22.6 Å². The molecule has 1 aromatic heterocycles. The van der Waals surface area contributed by atoms with Crippen LogP contribution in [0.2, 0.25) is 5.02 Å². The summed E-state index contributed by atoms with van der Waals surface area (Å²) >= 11 is 6.16. The van der Waals surface area contributed by atoms with Crippen LogP contribution in [0.5, 0.6) is 5.75 Å². The maximum absolute atomic E-state index is 6.16. The second-order valence-electron chi connectivity index (χ2n) is 5.71. The second-order valence-corrected chi connectivity index (χ2v) is 6.15. The molecule has 0 saturated heterocycles. The third-order valence-electron chi connectivity index (χ3n) is 3.97. The first-order valence-electron chi connectivity index (χ1n) is 8.01. The number of halogens is 1. The molecule has 0 bridgehead atoms. The first-order valence-corrected chi connectivity index (χ1v) is 8.39. The third-order valence-corrected chi connectivity index (χ3v) is 4.20. The molecular weight excluding hydrogens is 324 g/mol. The van der Waals surface area contributed by atoms with Crippen LogP contribution < -0.4 is 4.74 Å². The summed E-state index contributed by atoms with van der Waals surface area (Å²) in [6.45, 7) is 3.98. The molecule has 0 aliphatic rings. The molecule has 0 amide bonds. The number of hydrogen-bond acceptors (Lipinski definition) is 3. The molecule has 3 rings (SSSR count). The molecular formula is C19H21ClN2O2. The van der Waals surface area contributed by atoms with Gasteiger partial charge in [0.1, 0.15) is 18.2 Å². The number of nitrogens with zero attached hydrogens (tertiary/aromatic N) is 2. The van der Waals surface area contributed by atoms with E-state index in [4.69, 9.17) is 26.1 Å². The number of benzene rings is 2. The van der Waals surface area contributed by atoms with Gasteiger partial charge >= 0.3 is 0 Å². The SMILES string of the molecule is COCCCn1c(COc2ccccc2C)nc2ccc(Cl)cc21. The highest BCUT2D eigenvalue weighted by atomic mass is 35.5. The van der Waals surface area contributed by atoms with Gasteiger partial charge in [-0.25, -0.2) is 4.98 Å². The van der Waals surface area contributed by atoms with Crippen molar-refractivity contribution in [2.75, 3.05) is 13.7 Å². The number of aromatic nitrogens is 2. The summed E-state index contributed by atoms with van der Waals surface area (Å²) in [6.07, 6.45) is 0.909. The van der Waals surface area contributed by atoms with Gasteiger partial charge in [-0.2, -0.15) is 0 Å². The summed E-state index contributed by atoms with van der Waals surface area (Å²) in [6, 6.07) is 13.8. The van der Waals surface area contributed by atoms with Crippen LogP contribution in [0.3, 0.4) is 0 Å². The van der Waals surface area contributed by atoms with Crippen LogP contribution >= 0.6 is 11.6 Å². The van der Waals surface area contributed by atoms with Crippen LogP contribution in [0.1, 0.15) is 17.8 Å². The number of para-hydroxylation sites is 1. The summed E-state index contributed by atoms with van der Waals surface area (Å²) in [4.78, 5) is 4.72. The lowest BCUT2D eigenvalue weighted by Crippen LogP contribution is -2.09. The van der Waals surface area contributed by atoms with E-state index in [0.29, 0.717) is 18.2 Å². The van der Waals surface area contributed by atoms with E-state index >= 15 is 0 Å². The molecule has 1 heterocycles. The topological polar surface area (TPSA) is 36.3 Å². The van der Waals surface area contributed by atoms with Crippen molar-refractivity contribution in [3.05, 3.63) is 58.9 Å². The Morgan fingerprint density at radius 1 is 1.17 bits per heavy atom. The molecule has 4 nitrogen and oxygen atoms in total. The van der Waals surface area contributed by atoms with Gasteiger partial charge in [0.15, 0.2) is 0 Å². The Balaban J connectivity index is 1.88. The first kappa shape index (κ1) is 16.8. The van der Waals surface area contributed by atoms with Gasteiger partial charge in [0.25, 0.3) is 0 Å². The van der Waals surface area contributed by atoms with Gasteiger partial charge in [-0.3, -0.25) is 0 Å². The van der Waals surface area contributed by atoms with Crippen molar-refractivity contribution in [1.29, 1.82) is 0 Å². The molecule has 0 radical (unpaired) electrons. The fraction of sp³-hybridized carbons (Fsp3) is 0.316. The summed E-state index contributed by atoms with van der Waals surface area (Å²) in [7, 11) is 1.71. The highest BCUT2D eigenvalue weighted by molar-refractivity contribution is 6.31. The minimum atomic E-state index is 0.421. The molecule has 0 aliphatic heterocycles. The van der Waals surface area contributed by atoms with Crippen molar-refractivity contribution in [2.45, 2.75) is 26.5 Å². The van der Waals surface area contributed by atoms with E-state index in [1.165, 1.54) is 0 Å². The van der Waals surface area contributed by atoms with Gasteiger partial charge < -0.3 is 14.0 Å². The molecule has 5 heteroatoms. The van der Waals surface area contributed by atoms with Gasteiger partial charge in [-0.1, -0.05) is 29.8 Å². The van der Waals surface area contributed by atoms with Gasteiger partial charge in [0.2, 0.25) is 0 Å². The lowest BCUT2D eigenvalue weighted by atomic mass is 10.2. The van der Waals surface area contributed by atoms with Gasteiger partial charge in [0.05, 0.1) is 11.0 Å². The molecule has 3 aromatic rings. The van der Waals surface area contributed by atoms with Crippen molar-refractivity contribution in [2.24, 2.45) is 0 Å². The van der Waals surface area contributed by atoms with Gasteiger partial charge in [0, 0.05) is 25.3 Å². The molecule has 2 aromatic carbocycles. The number of imidazole rings is 1. The molecule has 0 fully saturated rings. The molecule has 126 valence electrons. The minimum absolute atomic E-state index is 0.421. The highest BCUT2D eigenvalue weighted by Gasteiger charge is 2.12. The minimum Gasteiger partial charge on any atom is -0.485 e. The monoisotopic (exact) mass is 344 g/mol. The standard InChI is InChI=1S/C19H21ClN2O2/c1-14-6-3-4-7-18(14)24-13-19-21-16-9-8-15(20)12-17(16)22(19)10-5-11-23-2/h3-4,6-9,12H,5,10-11,13H2,1-2H3. The molecule has 0 saturated carbocycles. The van der Waals surface area contributed by atoms with E-state index in [-0.39, 0.29) is 0 Å². The fourth-order valence-corrected chi connectivity index (χ4v) is 2.90. The van der Waals surface area contributed by atoms with Crippen LogP contribution in [0.15, 0.2) is 42.5 Å². The van der Waals surface area contributed by atoms with Crippen LogP contribution in [-0.2, 0) is 17.9 Å². The van der Waals surface area contributed by atoms with Crippen LogP contribution in [0, 0.1) is 6.92 Å². The normalized spacial score (nSPS) is 11.1.